The molecule has 2 aromatic heterocycles. The molecule has 0 fully saturated rings. The van der Waals surface area contributed by atoms with Gasteiger partial charge >= 0.3 is 0 Å². The van der Waals surface area contributed by atoms with Crippen molar-refractivity contribution in [3.8, 4) is 0 Å². The lowest BCUT2D eigenvalue weighted by Gasteiger charge is -2.14. The number of aryl methyl sites for hydroxylation is 3. The van der Waals surface area contributed by atoms with Crippen molar-refractivity contribution < 1.29 is 9.32 Å². The van der Waals surface area contributed by atoms with Gasteiger partial charge in [0, 0.05) is 0 Å². The number of carbonyl (C=O) groups excluding carboxylic acids is 1. The number of rotatable bonds is 3. The highest BCUT2D eigenvalue weighted by atomic mass is 35.5. The third-order valence-electron chi connectivity index (χ3n) is 3.26. The molecule has 1 atom stereocenters. The van der Waals surface area contributed by atoms with E-state index in [2.05, 4.69) is 15.6 Å². The molecule has 0 saturated carbocycles. The van der Waals surface area contributed by atoms with Gasteiger partial charge in [-0.25, -0.2) is 0 Å². The third-order valence-corrected chi connectivity index (χ3v) is 3.81. The van der Waals surface area contributed by atoms with Gasteiger partial charge in [0.15, 0.2) is 5.76 Å². The smallest absolute Gasteiger partial charge is 0.249 e. The molecule has 0 spiro atoms. The van der Waals surface area contributed by atoms with E-state index < -0.39 is 6.04 Å². The summed E-state index contributed by atoms with van der Waals surface area (Å²) in [5, 5.41) is 11.5. The number of nitrogens with one attached hydrogen (secondary N) is 1. The lowest BCUT2D eigenvalue weighted by molar-refractivity contribution is -0.119. The molecule has 0 aliphatic carbocycles. The van der Waals surface area contributed by atoms with Gasteiger partial charge in [-0.1, -0.05) is 16.8 Å². The van der Waals surface area contributed by atoms with Crippen LogP contribution >= 0.6 is 11.6 Å². The molecule has 1 unspecified atom stereocenters. The molecular weight excluding hydrogens is 280 g/mol. The summed E-state index contributed by atoms with van der Waals surface area (Å²) in [7, 11) is 0. The van der Waals surface area contributed by atoms with Gasteiger partial charge < -0.3 is 9.84 Å². The zero-order chi connectivity index (χ0) is 15.0. The summed E-state index contributed by atoms with van der Waals surface area (Å²) in [4.78, 5) is 12.3. The van der Waals surface area contributed by atoms with Crippen LogP contribution in [0.1, 0.15) is 35.8 Å². The number of aromatic nitrogens is 3. The van der Waals surface area contributed by atoms with Gasteiger partial charge in [-0.05, 0) is 34.6 Å². The quantitative estimate of drug-likeness (QED) is 0.945. The first-order valence-corrected chi connectivity index (χ1v) is 6.65. The van der Waals surface area contributed by atoms with Crippen LogP contribution in [0.4, 0.5) is 5.69 Å². The van der Waals surface area contributed by atoms with E-state index in [0.29, 0.717) is 27.9 Å². The number of anilines is 1. The Morgan fingerprint density at radius 2 is 1.95 bits per heavy atom. The van der Waals surface area contributed by atoms with Gasteiger partial charge in [0.25, 0.3) is 0 Å². The third kappa shape index (κ3) is 2.43. The summed E-state index contributed by atoms with van der Waals surface area (Å²) in [5.41, 5.74) is 2.73. The van der Waals surface area contributed by atoms with E-state index >= 15 is 0 Å². The van der Waals surface area contributed by atoms with E-state index in [1.165, 1.54) is 0 Å². The summed E-state index contributed by atoms with van der Waals surface area (Å²) < 4.78 is 6.64. The van der Waals surface area contributed by atoms with Crippen molar-refractivity contribution >= 4 is 23.2 Å². The van der Waals surface area contributed by atoms with Gasteiger partial charge in [-0.15, -0.1) is 0 Å². The molecule has 2 heterocycles. The maximum Gasteiger partial charge on any atom is 0.249 e. The lowest BCUT2D eigenvalue weighted by Crippen LogP contribution is -2.25. The van der Waals surface area contributed by atoms with Gasteiger partial charge in [-0.3, -0.25) is 9.48 Å². The van der Waals surface area contributed by atoms with Gasteiger partial charge in [-0.2, -0.15) is 5.10 Å². The minimum atomic E-state index is -0.477. The summed E-state index contributed by atoms with van der Waals surface area (Å²) in [6.07, 6.45) is 0. The minimum absolute atomic E-state index is 0.193. The minimum Gasteiger partial charge on any atom is -0.359 e. The van der Waals surface area contributed by atoms with Crippen LogP contribution in [0.15, 0.2) is 4.52 Å². The Kier molecular flexibility index (Phi) is 3.85. The van der Waals surface area contributed by atoms with Gasteiger partial charge in [0.2, 0.25) is 5.91 Å². The number of hydrogen-bond acceptors (Lipinski definition) is 4. The van der Waals surface area contributed by atoms with Crippen LogP contribution < -0.4 is 5.32 Å². The first-order chi connectivity index (χ1) is 9.32. The van der Waals surface area contributed by atoms with E-state index in [0.717, 1.165) is 5.69 Å². The molecule has 2 aromatic rings. The first kappa shape index (κ1) is 14.6. The standard InChI is InChI=1S/C13H17ClN4O2/c1-6-11(14)8(3)18(16-6)9(4)13(19)15-12-7(2)17-20-10(12)5/h9H,1-5H3,(H,15,19). The van der Waals surface area contributed by atoms with E-state index in [-0.39, 0.29) is 5.91 Å². The highest BCUT2D eigenvalue weighted by Gasteiger charge is 2.22. The number of hydrogen-bond donors (Lipinski definition) is 1. The Bertz CT molecular complexity index is 640. The highest BCUT2D eigenvalue weighted by Crippen LogP contribution is 2.24. The van der Waals surface area contributed by atoms with E-state index in [1.54, 1.807) is 25.5 Å². The molecule has 1 N–H and O–H groups in total. The predicted molar refractivity (Wildman–Crippen MR) is 76.0 cm³/mol. The lowest BCUT2D eigenvalue weighted by atomic mass is 10.2. The second kappa shape index (κ2) is 5.28. The van der Waals surface area contributed by atoms with Crippen LogP contribution in [0.25, 0.3) is 0 Å². The zero-order valence-electron chi connectivity index (χ0n) is 12.1. The fourth-order valence-corrected chi connectivity index (χ4v) is 2.14. The Morgan fingerprint density at radius 3 is 2.40 bits per heavy atom. The van der Waals surface area contributed by atoms with E-state index in [1.807, 2.05) is 13.8 Å². The molecule has 0 bridgehead atoms. The molecule has 0 aliphatic heterocycles. The van der Waals surface area contributed by atoms with Crippen molar-refractivity contribution in [2.75, 3.05) is 5.32 Å². The predicted octanol–water partition coefficient (Wildman–Crippen LogP) is 2.96. The van der Waals surface area contributed by atoms with Gasteiger partial charge in [0.05, 0.1) is 16.4 Å². The normalized spacial score (nSPS) is 12.5. The molecule has 20 heavy (non-hydrogen) atoms. The molecule has 108 valence electrons. The summed E-state index contributed by atoms with van der Waals surface area (Å²) >= 11 is 6.10. The number of amides is 1. The van der Waals surface area contributed by atoms with E-state index in [4.69, 9.17) is 16.1 Å². The Hall–Kier alpha value is -1.82. The second-order valence-corrected chi connectivity index (χ2v) is 5.17. The maximum atomic E-state index is 12.3. The summed E-state index contributed by atoms with van der Waals surface area (Å²) in [6, 6.07) is -0.477. The van der Waals surface area contributed by atoms with Crippen molar-refractivity contribution in [2.45, 2.75) is 40.7 Å². The molecule has 0 aromatic carbocycles. The topological polar surface area (TPSA) is 73.0 Å². The van der Waals surface area contributed by atoms with Crippen LogP contribution in [0.3, 0.4) is 0 Å². The van der Waals surface area contributed by atoms with Crippen molar-refractivity contribution in [2.24, 2.45) is 0 Å². The largest absolute Gasteiger partial charge is 0.359 e. The second-order valence-electron chi connectivity index (χ2n) is 4.79. The molecule has 2 rings (SSSR count). The fraction of sp³-hybridized carbons (Fsp3) is 0.462. The van der Waals surface area contributed by atoms with Crippen LogP contribution in [0.2, 0.25) is 5.02 Å². The van der Waals surface area contributed by atoms with Crippen LogP contribution in [0, 0.1) is 27.7 Å². The zero-order valence-corrected chi connectivity index (χ0v) is 12.9. The molecule has 0 saturated heterocycles. The average molecular weight is 297 g/mol. The van der Waals surface area contributed by atoms with Crippen LogP contribution in [-0.2, 0) is 4.79 Å². The Balaban J connectivity index is 2.23. The average Bonchev–Trinajstić information content (AvgIpc) is 2.85. The Labute approximate surface area is 122 Å². The van der Waals surface area contributed by atoms with Crippen molar-refractivity contribution in [1.29, 1.82) is 0 Å². The first-order valence-electron chi connectivity index (χ1n) is 6.27. The molecular formula is C13H17ClN4O2. The highest BCUT2D eigenvalue weighted by molar-refractivity contribution is 6.31. The molecule has 6 nitrogen and oxygen atoms in total. The number of carbonyl (C=O) groups is 1. The number of halogens is 1. The summed E-state index contributed by atoms with van der Waals surface area (Å²) in [6.45, 7) is 8.94. The van der Waals surface area contributed by atoms with Gasteiger partial charge in [0.1, 0.15) is 17.4 Å². The monoisotopic (exact) mass is 296 g/mol. The number of nitrogens with zero attached hydrogens (tertiary/aromatic N) is 3. The fourth-order valence-electron chi connectivity index (χ4n) is 2.02. The van der Waals surface area contributed by atoms with Crippen LogP contribution in [0.5, 0.6) is 0 Å². The van der Waals surface area contributed by atoms with Crippen molar-refractivity contribution in [3.05, 3.63) is 27.9 Å². The van der Waals surface area contributed by atoms with Crippen LogP contribution in [-0.4, -0.2) is 20.8 Å². The Morgan fingerprint density at radius 1 is 1.30 bits per heavy atom. The molecule has 0 radical (unpaired) electrons. The molecule has 0 aliphatic rings. The maximum absolute atomic E-state index is 12.3. The van der Waals surface area contributed by atoms with E-state index in [9.17, 15) is 4.79 Å². The molecule has 1 amide bonds. The summed E-state index contributed by atoms with van der Waals surface area (Å²) in [5.74, 6) is 0.385. The molecule has 7 heteroatoms. The SMILES string of the molecule is Cc1nn(C(C)C(=O)Nc2c(C)noc2C)c(C)c1Cl. The van der Waals surface area contributed by atoms with Crippen molar-refractivity contribution in [1.82, 2.24) is 14.9 Å². The van der Waals surface area contributed by atoms with Crippen molar-refractivity contribution in [3.63, 3.8) is 0 Å².